The van der Waals surface area contributed by atoms with Gasteiger partial charge in [0, 0.05) is 44.7 Å². The molecular weight excluding hydrogens is 565 g/mol. The highest BCUT2D eigenvalue weighted by atomic mass is 32.7. The summed E-state index contributed by atoms with van der Waals surface area (Å²) < 4.78 is 9.46. The van der Waals surface area contributed by atoms with Crippen LogP contribution in [-0.2, 0) is 28.4 Å². The lowest BCUT2D eigenvalue weighted by Gasteiger charge is -2.22. The van der Waals surface area contributed by atoms with E-state index in [0.717, 1.165) is 11.5 Å². The Labute approximate surface area is 221 Å². The minimum absolute atomic E-state index is 0.0382. The fraction of sp³-hybridized carbons (Fsp3) is 0.600. The van der Waals surface area contributed by atoms with E-state index in [1.165, 1.54) is 0 Å². The number of carbonyl (C=O) groups is 4. The van der Waals surface area contributed by atoms with Crippen LogP contribution in [0.5, 0.6) is 0 Å². The van der Waals surface area contributed by atoms with Gasteiger partial charge in [-0.1, -0.05) is 12.8 Å². The van der Waals surface area contributed by atoms with Gasteiger partial charge in [-0.05, 0) is 53.6 Å². The molecule has 35 heavy (non-hydrogen) atoms. The summed E-state index contributed by atoms with van der Waals surface area (Å²) in [5, 5.41) is 3.35. The fourth-order valence-electron chi connectivity index (χ4n) is 2.47. The Balaban J connectivity index is 4.68. The molecule has 0 fully saturated rings. The van der Waals surface area contributed by atoms with Crippen molar-refractivity contribution < 1.29 is 28.4 Å². The average molecular weight is 599 g/mol. The van der Waals surface area contributed by atoms with Gasteiger partial charge in [-0.2, -0.15) is 11.8 Å². The van der Waals surface area contributed by atoms with Crippen molar-refractivity contribution in [2.75, 3.05) is 25.2 Å². The number of hydrogen-bond donors (Lipinski definition) is 3. The predicted molar refractivity (Wildman–Crippen MR) is 156 cm³/mol. The normalized spacial score (nSPS) is 14.4. The molecule has 0 aliphatic rings. The number of nitrogens with two attached hydrogens (primary N) is 2. The van der Waals surface area contributed by atoms with E-state index in [1.54, 1.807) is 18.9 Å². The molecule has 1 amide bonds. The zero-order chi connectivity index (χ0) is 26.6. The van der Waals surface area contributed by atoms with Gasteiger partial charge in [0.1, 0.15) is 5.78 Å². The van der Waals surface area contributed by atoms with Gasteiger partial charge in [0.05, 0.1) is 21.6 Å². The first-order chi connectivity index (χ1) is 16.6. The highest BCUT2D eigenvalue weighted by Gasteiger charge is 2.23. The molecule has 0 rings (SSSR count). The second-order valence-electron chi connectivity index (χ2n) is 7.27. The first-order valence-corrected chi connectivity index (χ1v) is 18.8. The van der Waals surface area contributed by atoms with Gasteiger partial charge in [-0.15, -0.1) is 8.93 Å². The van der Waals surface area contributed by atoms with Crippen molar-refractivity contribution in [1.82, 2.24) is 5.09 Å². The van der Waals surface area contributed by atoms with Crippen molar-refractivity contribution in [2.24, 2.45) is 17.4 Å². The van der Waals surface area contributed by atoms with Gasteiger partial charge in [0.15, 0.2) is 5.52 Å². The van der Waals surface area contributed by atoms with Gasteiger partial charge < -0.3 is 20.7 Å². The maximum absolute atomic E-state index is 12.9. The molecule has 15 heteroatoms. The van der Waals surface area contributed by atoms with Crippen LogP contribution in [0.4, 0.5) is 0 Å². The molecule has 0 spiro atoms. The van der Waals surface area contributed by atoms with Crippen LogP contribution in [0, 0.1) is 29.6 Å². The standard InChI is InChI=1S/C20H34N3O6P5S/c1-14(13-28-2)11-17(24)16(8-10-35-9-6-4-3-5-7-19(26)29-30)23-33-34(31)32-20(27)15(21)12-18(22)25/h14-16,23,32-33H,6,8-13,21,30-31H2,1-2H3,(H2,22,25)/t14?,15-,16?,34?/m0/s1. The Hall–Kier alpha value is -0.220. The summed E-state index contributed by atoms with van der Waals surface area (Å²) >= 11 is 1.68. The Bertz CT molecular complexity index is 830. The number of nitrogens with one attached hydrogen (secondary N) is 1. The third-order valence-electron chi connectivity index (χ3n) is 4.08. The van der Waals surface area contributed by atoms with Crippen LogP contribution in [0.1, 0.15) is 32.6 Å². The zero-order valence-electron chi connectivity index (χ0n) is 19.8. The Morgan fingerprint density at radius 1 is 1.20 bits per heavy atom. The molecule has 0 bridgehead atoms. The number of carbonyl (C=O) groups excluding carboxylic acids is 4. The monoisotopic (exact) mass is 599 g/mol. The van der Waals surface area contributed by atoms with Crippen LogP contribution in [0.25, 0.3) is 0 Å². The van der Waals surface area contributed by atoms with Crippen LogP contribution in [-0.4, -0.2) is 60.5 Å². The number of methoxy groups -OCH3 is 1. The molecule has 0 aliphatic carbocycles. The predicted octanol–water partition coefficient (Wildman–Crippen LogP) is 2.14. The van der Waals surface area contributed by atoms with Crippen molar-refractivity contribution in [2.45, 2.75) is 44.7 Å². The van der Waals surface area contributed by atoms with E-state index >= 15 is 0 Å². The maximum atomic E-state index is 12.9. The molecule has 5 N–H and O–H groups in total. The van der Waals surface area contributed by atoms with E-state index in [-0.39, 0.29) is 46.4 Å². The summed E-state index contributed by atoms with van der Waals surface area (Å²) in [5.41, 5.74) is 10.7. The third-order valence-corrected chi connectivity index (χ3v) is 13.7. The van der Waals surface area contributed by atoms with Gasteiger partial charge >= 0.3 is 5.97 Å². The van der Waals surface area contributed by atoms with Crippen molar-refractivity contribution in [3.05, 3.63) is 0 Å². The lowest BCUT2D eigenvalue weighted by Crippen LogP contribution is -2.33. The van der Waals surface area contributed by atoms with E-state index in [2.05, 4.69) is 42.2 Å². The number of primary amides is 1. The summed E-state index contributed by atoms with van der Waals surface area (Å²) in [7, 11) is 6.31. The molecule has 0 aliphatic heterocycles. The van der Waals surface area contributed by atoms with Crippen LogP contribution in [0.15, 0.2) is 0 Å². The highest BCUT2D eigenvalue weighted by molar-refractivity contribution is 8.73. The number of thioether (sulfide) groups is 1. The van der Waals surface area contributed by atoms with Crippen molar-refractivity contribution in [3.8, 4) is 23.7 Å². The van der Waals surface area contributed by atoms with Crippen LogP contribution in [0.2, 0.25) is 0 Å². The van der Waals surface area contributed by atoms with Gasteiger partial charge in [0.25, 0.3) is 0 Å². The van der Waals surface area contributed by atoms with E-state index in [4.69, 9.17) is 16.2 Å². The quantitative estimate of drug-likeness (QED) is 0.122. The van der Waals surface area contributed by atoms with Crippen molar-refractivity contribution in [3.63, 3.8) is 0 Å². The lowest BCUT2D eigenvalue weighted by atomic mass is 10.00. The molecule has 196 valence electrons. The highest BCUT2D eigenvalue weighted by Crippen LogP contribution is 2.74. The summed E-state index contributed by atoms with van der Waals surface area (Å²) in [4.78, 5) is 46.9. The number of hydrogen-bond acceptors (Lipinski definition) is 9. The number of rotatable bonds is 18. The van der Waals surface area contributed by atoms with Gasteiger partial charge in [-0.25, -0.2) is 4.79 Å². The number of ketones is 1. The zero-order valence-corrected chi connectivity index (χ0v) is 25.8. The maximum Gasteiger partial charge on any atom is 0.387 e. The number of Topliss-reactive ketones (excluding diaryl/α,β-unsaturated/α-hetero) is 1. The smallest absolute Gasteiger partial charge is 0.387 e. The average Bonchev–Trinajstić information content (AvgIpc) is 2.78. The Morgan fingerprint density at radius 3 is 2.54 bits per heavy atom. The Morgan fingerprint density at radius 2 is 1.91 bits per heavy atom. The summed E-state index contributed by atoms with van der Waals surface area (Å²) in [6.07, 6.45) is 1.51. The minimum atomic E-state index is -0.876. The Kier molecular flexibility index (Phi) is 21.7. The van der Waals surface area contributed by atoms with E-state index in [9.17, 15) is 19.2 Å². The van der Waals surface area contributed by atoms with Crippen molar-refractivity contribution in [1.29, 1.82) is 0 Å². The second kappa shape index (κ2) is 21.8. The molecule has 0 aromatic heterocycles. The first kappa shape index (κ1) is 34.8. The lowest BCUT2D eigenvalue weighted by molar-refractivity contribution is -0.127. The van der Waals surface area contributed by atoms with E-state index in [1.807, 2.05) is 16.4 Å². The molecular formula is C20H34N3O6P5S. The SMILES string of the molecule is COCC(C)CC(=O)C(CCSCCC#CC#CC(=O)OP)NPP(P)PC(=O)[C@@H](N)CC(N)=O. The fourth-order valence-corrected chi connectivity index (χ4v) is 10.7. The van der Waals surface area contributed by atoms with Crippen LogP contribution < -0.4 is 16.6 Å². The van der Waals surface area contributed by atoms with E-state index in [0.29, 0.717) is 25.9 Å². The van der Waals surface area contributed by atoms with Gasteiger partial charge in [0.2, 0.25) is 5.91 Å². The molecule has 0 saturated carbocycles. The summed E-state index contributed by atoms with van der Waals surface area (Å²) in [6.45, 7) is 1.71. The molecule has 8 atom stereocenters. The number of ether oxygens (including phenoxy) is 1. The topological polar surface area (TPSA) is 151 Å². The summed E-state index contributed by atoms with van der Waals surface area (Å²) in [5.74, 6) is 10.6. The molecule has 0 aromatic rings. The molecule has 7 unspecified atom stereocenters. The molecule has 9 nitrogen and oxygen atoms in total. The molecule has 0 radical (unpaired) electrons. The molecule has 0 saturated heterocycles. The van der Waals surface area contributed by atoms with E-state index < -0.39 is 24.9 Å². The van der Waals surface area contributed by atoms with Crippen LogP contribution >= 0.6 is 53.8 Å². The molecule has 0 heterocycles. The first-order valence-electron chi connectivity index (χ1n) is 10.5. The second-order valence-corrected chi connectivity index (χ2v) is 20.9. The van der Waals surface area contributed by atoms with Crippen molar-refractivity contribution >= 4 is 77.0 Å². The van der Waals surface area contributed by atoms with Crippen LogP contribution in [0.3, 0.4) is 0 Å². The number of amides is 1. The largest absolute Gasteiger partial charge is 0.442 e. The van der Waals surface area contributed by atoms with Gasteiger partial charge in [-0.3, -0.25) is 19.5 Å². The molecule has 0 aromatic carbocycles. The third kappa shape index (κ3) is 19.5. The summed E-state index contributed by atoms with van der Waals surface area (Å²) in [6, 6.07) is -1.20. The minimum Gasteiger partial charge on any atom is -0.442 e.